The molecule has 20 heavy (non-hydrogen) atoms. The van der Waals surface area contributed by atoms with Gasteiger partial charge >= 0.3 is 5.97 Å². The SMILES string of the molecule is CCOC(=O)C(C)(CN(CCOC)C1CC1)NC(C)C. The monoisotopic (exact) mass is 286 g/mol. The summed E-state index contributed by atoms with van der Waals surface area (Å²) in [6.07, 6.45) is 2.43. The molecule has 1 rings (SSSR count). The molecule has 1 aliphatic rings. The van der Waals surface area contributed by atoms with Crippen molar-refractivity contribution in [2.45, 2.75) is 58.2 Å². The van der Waals surface area contributed by atoms with E-state index < -0.39 is 5.54 Å². The summed E-state index contributed by atoms with van der Waals surface area (Å²) in [7, 11) is 1.71. The van der Waals surface area contributed by atoms with Crippen LogP contribution in [-0.4, -0.2) is 61.9 Å². The van der Waals surface area contributed by atoms with Gasteiger partial charge in [0, 0.05) is 32.3 Å². The highest BCUT2D eigenvalue weighted by atomic mass is 16.5. The summed E-state index contributed by atoms with van der Waals surface area (Å²) in [6.45, 7) is 10.5. The van der Waals surface area contributed by atoms with Crippen molar-refractivity contribution in [1.82, 2.24) is 10.2 Å². The lowest BCUT2D eigenvalue weighted by Crippen LogP contribution is -2.60. The Balaban J connectivity index is 2.72. The molecule has 118 valence electrons. The Morgan fingerprint density at radius 1 is 1.45 bits per heavy atom. The molecule has 1 N–H and O–H groups in total. The number of nitrogens with one attached hydrogen (secondary N) is 1. The number of ether oxygens (including phenoxy) is 2. The fraction of sp³-hybridized carbons (Fsp3) is 0.933. The Morgan fingerprint density at radius 2 is 2.10 bits per heavy atom. The van der Waals surface area contributed by atoms with Crippen LogP contribution in [0.2, 0.25) is 0 Å². The van der Waals surface area contributed by atoms with Gasteiger partial charge in [-0.25, -0.2) is 0 Å². The first-order valence-corrected chi connectivity index (χ1v) is 7.61. The second-order valence-electron chi connectivity index (χ2n) is 6.05. The second kappa shape index (κ2) is 7.96. The fourth-order valence-electron chi connectivity index (χ4n) is 2.54. The molecule has 0 heterocycles. The van der Waals surface area contributed by atoms with Gasteiger partial charge in [-0.15, -0.1) is 0 Å². The van der Waals surface area contributed by atoms with Crippen molar-refractivity contribution in [2.24, 2.45) is 0 Å². The highest BCUT2D eigenvalue weighted by Gasteiger charge is 2.40. The lowest BCUT2D eigenvalue weighted by Gasteiger charge is -2.36. The third kappa shape index (κ3) is 5.38. The summed E-state index contributed by atoms with van der Waals surface area (Å²) in [5.41, 5.74) is -0.666. The van der Waals surface area contributed by atoms with Crippen molar-refractivity contribution in [3.8, 4) is 0 Å². The molecule has 1 fully saturated rings. The van der Waals surface area contributed by atoms with Crippen molar-refractivity contribution >= 4 is 5.97 Å². The minimum atomic E-state index is -0.666. The van der Waals surface area contributed by atoms with Crippen molar-refractivity contribution in [1.29, 1.82) is 0 Å². The first-order chi connectivity index (χ1) is 9.42. The molecule has 0 aromatic carbocycles. The van der Waals surface area contributed by atoms with Gasteiger partial charge in [0.15, 0.2) is 0 Å². The van der Waals surface area contributed by atoms with Crippen LogP contribution in [0.4, 0.5) is 0 Å². The smallest absolute Gasteiger partial charge is 0.327 e. The Bertz CT molecular complexity index is 305. The fourth-order valence-corrected chi connectivity index (χ4v) is 2.54. The summed E-state index contributed by atoms with van der Waals surface area (Å²) in [5, 5.41) is 3.37. The highest BCUT2D eigenvalue weighted by Crippen LogP contribution is 2.28. The molecule has 1 unspecified atom stereocenters. The van der Waals surface area contributed by atoms with Crippen molar-refractivity contribution in [3.05, 3.63) is 0 Å². The molecule has 5 heteroatoms. The average Bonchev–Trinajstić information content (AvgIpc) is 3.18. The van der Waals surface area contributed by atoms with Crippen LogP contribution in [0, 0.1) is 0 Å². The first-order valence-electron chi connectivity index (χ1n) is 7.61. The van der Waals surface area contributed by atoms with Crippen LogP contribution in [0.5, 0.6) is 0 Å². The van der Waals surface area contributed by atoms with E-state index in [1.165, 1.54) is 12.8 Å². The summed E-state index contributed by atoms with van der Waals surface area (Å²) < 4.78 is 10.4. The number of rotatable bonds is 10. The molecule has 0 aromatic heterocycles. The number of carbonyl (C=O) groups is 1. The topological polar surface area (TPSA) is 50.8 Å². The third-order valence-corrected chi connectivity index (χ3v) is 3.50. The molecular weight excluding hydrogens is 256 g/mol. The molecular formula is C15H30N2O3. The van der Waals surface area contributed by atoms with Gasteiger partial charge in [-0.2, -0.15) is 0 Å². The normalized spacial score (nSPS) is 18.4. The van der Waals surface area contributed by atoms with Gasteiger partial charge in [0.05, 0.1) is 13.2 Å². The van der Waals surface area contributed by atoms with Crippen LogP contribution in [0.15, 0.2) is 0 Å². The number of nitrogens with zero attached hydrogens (tertiary/aromatic N) is 1. The van der Waals surface area contributed by atoms with Crippen molar-refractivity contribution in [2.75, 3.05) is 33.4 Å². The number of hydrogen-bond acceptors (Lipinski definition) is 5. The molecule has 5 nitrogen and oxygen atoms in total. The van der Waals surface area contributed by atoms with Gasteiger partial charge in [0.2, 0.25) is 0 Å². The maximum absolute atomic E-state index is 12.3. The lowest BCUT2D eigenvalue weighted by molar-refractivity contribution is -0.151. The Labute approximate surface area is 123 Å². The van der Waals surface area contributed by atoms with Gasteiger partial charge in [0.25, 0.3) is 0 Å². The van der Waals surface area contributed by atoms with E-state index in [4.69, 9.17) is 9.47 Å². The van der Waals surface area contributed by atoms with Crippen LogP contribution >= 0.6 is 0 Å². The summed E-state index contributed by atoms with van der Waals surface area (Å²) in [4.78, 5) is 14.7. The summed E-state index contributed by atoms with van der Waals surface area (Å²) in [6, 6.07) is 0.820. The molecule has 0 aromatic rings. The minimum absolute atomic E-state index is 0.170. The zero-order chi connectivity index (χ0) is 15.2. The Morgan fingerprint density at radius 3 is 2.55 bits per heavy atom. The van der Waals surface area contributed by atoms with E-state index in [9.17, 15) is 4.79 Å². The Kier molecular flexibility index (Phi) is 6.92. The average molecular weight is 286 g/mol. The van der Waals surface area contributed by atoms with Gasteiger partial charge in [-0.05, 0) is 40.5 Å². The summed E-state index contributed by atoms with van der Waals surface area (Å²) in [5.74, 6) is -0.170. The van der Waals surface area contributed by atoms with Gasteiger partial charge < -0.3 is 9.47 Å². The molecule has 1 atom stereocenters. The predicted molar refractivity (Wildman–Crippen MR) is 79.8 cm³/mol. The van der Waals surface area contributed by atoms with Crippen molar-refractivity contribution < 1.29 is 14.3 Å². The summed E-state index contributed by atoms with van der Waals surface area (Å²) >= 11 is 0. The van der Waals surface area contributed by atoms with Crippen LogP contribution in [-0.2, 0) is 14.3 Å². The third-order valence-electron chi connectivity index (χ3n) is 3.50. The molecule has 0 amide bonds. The van der Waals surface area contributed by atoms with E-state index in [2.05, 4.69) is 10.2 Å². The maximum Gasteiger partial charge on any atom is 0.327 e. The molecule has 1 aliphatic carbocycles. The van der Waals surface area contributed by atoms with Crippen LogP contribution in [0.3, 0.4) is 0 Å². The Hall–Kier alpha value is -0.650. The van der Waals surface area contributed by atoms with Gasteiger partial charge in [-0.1, -0.05) is 0 Å². The quantitative estimate of drug-likeness (QED) is 0.616. The van der Waals surface area contributed by atoms with Crippen molar-refractivity contribution in [3.63, 3.8) is 0 Å². The van der Waals surface area contributed by atoms with E-state index in [1.807, 2.05) is 27.7 Å². The number of esters is 1. The maximum atomic E-state index is 12.3. The van der Waals surface area contributed by atoms with E-state index in [0.29, 0.717) is 25.8 Å². The van der Waals surface area contributed by atoms with E-state index in [0.717, 1.165) is 6.54 Å². The predicted octanol–water partition coefficient (Wildman–Crippen LogP) is 1.42. The minimum Gasteiger partial charge on any atom is -0.465 e. The van der Waals surface area contributed by atoms with E-state index in [1.54, 1.807) is 7.11 Å². The molecule has 0 bridgehead atoms. The molecule has 0 radical (unpaired) electrons. The molecule has 0 spiro atoms. The van der Waals surface area contributed by atoms with Crippen LogP contribution in [0.1, 0.15) is 40.5 Å². The largest absolute Gasteiger partial charge is 0.465 e. The van der Waals surface area contributed by atoms with E-state index >= 15 is 0 Å². The second-order valence-corrected chi connectivity index (χ2v) is 6.05. The zero-order valence-corrected chi connectivity index (χ0v) is 13.6. The number of carbonyl (C=O) groups excluding carboxylic acids is 1. The lowest BCUT2D eigenvalue weighted by atomic mass is 10.00. The number of methoxy groups -OCH3 is 1. The standard InChI is InChI=1S/C15H30N2O3/c1-6-20-14(18)15(4,16-12(2)3)11-17(9-10-19-5)13-7-8-13/h12-13,16H,6-11H2,1-5H3. The molecule has 0 aliphatic heterocycles. The highest BCUT2D eigenvalue weighted by molar-refractivity contribution is 5.80. The zero-order valence-electron chi connectivity index (χ0n) is 13.6. The van der Waals surface area contributed by atoms with Gasteiger partial charge in [-0.3, -0.25) is 15.0 Å². The van der Waals surface area contributed by atoms with Crippen LogP contribution < -0.4 is 5.32 Å². The molecule has 1 saturated carbocycles. The first kappa shape index (κ1) is 17.4. The van der Waals surface area contributed by atoms with Gasteiger partial charge in [0.1, 0.15) is 5.54 Å². The van der Waals surface area contributed by atoms with E-state index in [-0.39, 0.29) is 12.0 Å². The van der Waals surface area contributed by atoms with Crippen LogP contribution in [0.25, 0.3) is 0 Å². The number of hydrogen-bond donors (Lipinski definition) is 1. The molecule has 0 saturated heterocycles.